The summed E-state index contributed by atoms with van der Waals surface area (Å²) in [7, 11) is 5.75. The lowest BCUT2D eigenvalue weighted by Crippen LogP contribution is -2.48. The minimum Gasteiger partial charge on any atom is -0.297 e. The van der Waals surface area contributed by atoms with Crippen LogP contribution in [0.25, 0.3) is 0 Å². The maximum atomic E-state index is 12.2. The number of hydrogen-bond acceptors (Lipinski definition) is 3. The van der Waals surface area contributed by atoms with Crippen LogP contribution in [0.2, 0.25) is 0 Å². The van der Waals surface area contributed by atoms with Crippen molar-refractivity contribution in [1.82, 2.24) is 14.7 Å². The molecule has 1 aromatic heterocycles. The molecule has 1 unspecified atom stereocenters. The van der Waals surface area contributed by atoms with Crippen molar-refractivity contribution in [3.63, 3.8) is 0 Å². The van der Waals surface area contributed by atoms with Crippen LogP contribution in [0.1, 0.15) is 26.0 Å². The highest BCUT2D eigenvalue weighted by molar-refractivity contribution is 5.89. The van der Waals surface area contributed by atoms with Crippen LogP contribution >= 0.6 is 0 Å². The zero-order valence-corrected chi connectivity index (χ0v) is 10.8. The van der Waals surface area contributed by atoms with E-state index in [0.717, 1.165) is 12.1 Å². The molecule has 0 aliphatic rings. The van der Waals surface area contributed by atoms with Gasteiger partial charge in [0.2, 0.25) is 0 Å². The molecule has 0 fully saturated rings. The van der Waals surface area contributed by atoms with Crippen molar-refractivity contribution in [2.45, 2.75) is 32.2 Å². The van der Waals surface area contributed by atoms with Crippen molar-refractivity contribution in [3.05, 3.63) is 18.0 Å². The molecule has 4 heteroatoms. The van der Waals surface area contributed by atoms with Crippen LogP contribution in [-0.4, -0.2) is 40.1 Å². The van der Waals surface area contributed by atoms with Crippen molar-refractivity contribution in [2.24, 2.45) is 7.05 Å². The molecule has 1 atom stereocenters. The van der Waals surface area contributed by atoms with Crippen molar-refractivity contribution >= 4 is 5.78 Å². The summed E-state index contributed by atoms with van der Waals surface area (Å²) in [5, 5.41) is 4.24. The molecular formula is C12H21N3O. The Morgan fingerprint density at radius 1 is 1.56 bits per heavy atom. The van der Waals surface area contributed by atoms with E-state index in [0.29, 0.717) is 6.42 Å². The maximum Gasteiger partial charge on any atom is 0.158 e. The van der Waals surface area contributed by atoms with E-state index in [9.17, 15) is 4.79 Å². The fraction of sp³-hybridized carbons (Fsp3) is 0.667. The molecule has 0 aliphatic carbocycles. The molecule has 0 spiro atoms. The van der Waals surface area contributed by atoms with E-state index in [4.69, 9.17) is 0 Å². The fourth-order valence-corrected chi connectivity index (χ4v) is 1.68. The fourth-order valence-electron chi connectivity index (χ4n) is 1.68. The molecule has 0 saturated heterocycles. The SMILES string of the molecule is CCC(C)(C(=O)Cc1ccn(C)n1)N(C)C. The van der Waals surface area contributed by atoms with E-state index < -0.39 is 5.54 Å². The van der Waals surface area contributed by atoms with Gasteiger partial charge >= 0.3 is 0 Å². The van der Waals surface area contributed by atoms with Gasteiger partial charge in [-0.1, -0.05) is 6.92 Å². The van der Waals surface area contributed by atoms with E-state index in [1.165, 1.54) is 0 Å². The van der Waals surface area contributed by atoms with E-state index in [-0.39, 0.29) is 5.78 Å². The molecule has 0 saturated carbocycles. The first-order valence-electron chi connectivity index (χ1n) is 5.59. The first kappa shape index (κ1) is 12.9. The van der Waals surface area contributed by atoms with Crippen molar-refractivity contribution < 1.29 is 4.79 Å². The lowest BCUT2D eigenvalue weighted by atomic mass is 9.89. The number of likely N-dealkylation sites (N-methyl/N-ethyl adjacent to an activating group) is 1. The minimum absolute atomic E-state index is 0.221. The number of carbonyl (C=O) groups is 1. The van der Waals surface area contributed by atoms with Crippen LogP contribution in [0, 0.1) is 0 Å². The average molecular weight is 223 g/mol. The van der Waals surface area contributed by atoms with Gasteiger partial charge in [0.25, 0.3) is 0 Å². The van der Waals surface area contributed by atoms with Crippen LogP contribution in [0.15, 0.2) is 12.3 Å². The number of aromatic nitrogens is 2. The quantitative estimate of drug-likeness (QED) is 0.754. The van der Waals surface area contributed by atoms with Gasteiger partial charge in [-0.3, -0.25) is 14.4 Å². The van der Waals surface area contributed by atoms with E-state index in [1.807, 2.05) is 52.2 Å². The van der Waals surface area contributed by atoms with Crippen LogP contribution in [0.5, 0.6) is 0 Å². The van der Waals surface area contributed by atoms with Crippen molar-refractivity contribution in [1.29, 1.82) is 0 Å². The third-order valence-electron chi connectivity index (χ3n) is 3.39. The van der Waals surface area contributed by atoms with E-state index in [1.54, 1.807) is 4.68 Å². The lowest BCUT2D eigenvalue weighted by molar-refractivity contribution is -0.128. The van der Waals surface area contributed by atoms with Crippen molar-refractivity contribution in [2.75, 3.05) is 14.1 Å². The highest BCUT2D eigenvalue weighted by Gasteiger charge is 2.33. The number of nitrogens with zero attached hydrogens (tertiary/aromatic N) is 3. The molecule has 0 N–H and O–H groups in total. The molecule has 1 aromatic rings. The molecule has 0 aromatic carbocycles. The number of rotatable bonds is 5. The molecule has 0 aliphatic heterocycles. The van der Waals surface area contributed by atoms with Crippen molar-refractivity contribution in [3.8, 4) is 0 Å². The number of Topliss-reactive ketones (excluding diaryl/α,β-unsaturated/α-hetero) is 1. The van der Waals surface area contributed by atoms with Gasteiger partial charge in [0.1, 0.15) is 0 Å². The average Bonchev–Trinajstić information content (AvgIpc) is 2.62. The summed E-state index contributed by atoms with van der Waals surface area (Å²) in [6, 6.07) is 1.89. The molecule has 90 valence electrons. The predicted molar refractivity (Wildman–Crippen MR) is 64.3 cm³/mol. The molecule has 0 amide bonds. The Balaban J connectivity index is 2.78. The largest absolute Gasteiger partial charge is 0.297 e. The first-order chi connectivity index (χ1) is 7.40. The number of hydrogen-bond donors (Lipinski definition) is 0. The second kappa shape index (κ2) is 4.78. The van der Waals surface area contributed by atoms with Gasteiger partial charge in [-0.15, -0.1) is 0 Å². The van der Waals surface area contributed by atoms with E-state index in [2.05, 4.69) is 5.10 Å². The minimum atomic E-state index is -0.391. The summed E-state index contributed by atoms with van der Waals surface area (Å²) in [6.07, 6.45) is 3.08. The maximum absolute atomic E-state index is 12.2. The van der Waals surface area contributed by atoms with Gasteiger partial charge in [0.15, 0.2) is 5.78 Å². The monoisotopic (exact) mass is 223 g/mol. The summed E-state index contributed by atoms with van der Waals surface area (Å²) in [5.74, 6) is 0.221. The molecule has 1 rings (SSSR count). The second-order valence-corrected chi connectivity index (χ2v) is 4.60. The smallest absolute Gasteiger partial charge is 0.158 e. The third kappa shape index (κ3) is 2.50. The Hall–Kier alpha value is -1.16. The van der Waals surface area contributed by atoms with Crippen LogP contribution in [-0.2, 0) is 18.3 Å². The molecule has 1 heterocycles. The normalized spacial score (nSPS) is 15.1. The highest BCUT2D eigenvalue weighted by atomic mass is 16.1. The molecular weight excluding hydrogens is 202 g/mol. The Labute approximate surface area is 97.2 Å². The van der Waals surface area contributed by atoms with Gasteiger partial charge in [-0.2, -0.15) is 5.10 Å². The van der Waals surface area contributed by atoms with Crippen LogP contribution < -0.4 is 0 Å². The zero-order valence-electron chi connectivity index (χ0n) is 10.8. The van der Waals surface area contributed by atoms with Gasteiger partial charge in [-0.25, -0.2) is 0 Å². The summed E-state index contributed by atoms with van der Waals surface area (Å²) in [5.41, 5.74) is 0.450. The molecule has 0 radical (unpaired) electrons. The molecule has 4 nitrogen and oxygen atoms in total. The Bertz CT molecular complexity index is 370. The van der Waals surface area contributed by atoms with Gasteiger partial charge in [0, 0.05) is 13.2 Å². The molecule has 16 heavy (non-hydrogen) atoms. The van der Waals surface area contributed by atoms with Crippen LogP contribution in [0.4, 0.5) is 0 Å². The Morgan fingerprint density at radius 2 is 2.19 bits per heavy atom. The number of aryl methyl sites for hydroxylation is 1. The van der Waals surface area contributed by atoms with Gasteiger partial charge in [0.05, 0.1) is 17.7 Å². The molecule has 0 bridgehead atoms. The first-order valence-corrected chi connectivity index (χ1v) is 5.59. The zero-order chi connectivity index (χ0) is 12.3. The predicted octanol–water partition coefficient (Wildman–Crippen LogP) is 1.26. The highest BCUT2D eigenvalue weighted by Crippen LogP contribution is 2.19. The Morgan fingerprint density at radius 3 is 2.56 bits per heavy atom. The Kier molecular flexibility index (Phi) is 3.86. The summed E-state index contributed by atoms with van der Waals surface area (Å²) in [4.78, 5) is 14.2. The van der Waals surface area contributed by atoms with Crippen LogP contribution in [0.3, 0.4) is 0 Å². The second-order valence-electron chi connectivity index (χ2n) is 4.60. The standard InChI is InChI=1S/C12H21N3O/c1-6-12(2,14(3)4)11(16)9-10-7-8-15(5)13-10/h7-8H,6,9H2,1-5H3. The summed E-state index contributed by atoms with van der Waals surface area (Å²) < 4.78 is 1.72. The third-order valence-corrected chi connectivity index (χ3v) is 3.39. The number of ketones is 1. The summed E-state index contributed by atoms with van der Waals surface area (Å²) in [6.45, 7) is 4.02. The summed E-state index contributed by atoms with van der Waals surface area (Å²) >= 11 is 0. The number of carbonyl (C=O) groups excluding carboxylic acids is 1. The lowest BCUT2D eigenvalue weighted by Gasteiger charge is -2.33. The van der Waals surface area contributed by atoms with Gasteiger partial charge in [-0.05, 0) is 33.5 Å². The van der Waals surface area contributed by atoms with E-state index >= 15 is 0 Å². The topological polar surface area (TPSA) is 38.1 Å². The van der Waals surface area contributed by atoms with Gasteiger partial charge < -0.3 is 0 Å².